The molecule has 3 heterocycles. The summed E-state index contributed by atoms with van der Waals surface area (Å²) in [7, 11) is 4.07. The first-order valence-corrected chi connectivity index (χ1v) is 9.90. The van der Waals surface area contributed by atoms with E-state index in [2.05, 4.69) is 62.2 Å². The van der Waals surface area contributed by atoms with E-state index in [0.717, 1.165) is 60.1 Å². The van der Waals surface area contributed by atoms with Gasteiger partial charge in [0.1, 0.15) is 17.2 Å². The predicted molar refractivity (Wildman–Crippen MR) is 120 cm³/mol. The maximum Gasteiger partial charge on any atom is 0.182 e. The Kier molecular flexibility index (Phi) is 5.57. The molecule has 4 rings (SSSR count). The van der Waals surface area contributed by atoms with E-state index < -0.39 is 0 Å². The van der Waals surface area contributed by atoms with Crippen molar-refractivity contribution in [3.05, 3.63) is 54.2 Å². The van der Waals surface area contributed by atoms with Crippen LogP contribution >= 0.6 is 0 Å². The fourth-order valence-corrected chi connectivity index (χ4v) is 3.49. The summed E-state index contributed by atoms with van der Waals surface area (Å²) in [6.07, 6.45) is 3.61. The van der Waals surface area contributed by atoms with E-state index in [1.165, 1.54) is 0 Å². The van der Waals surface area contributed by atoms with Gasteiger partial charge in [-0.05, 0) is 36.4 Å². The fraction of sp³-hybridized carbons (Fsp3) is 0.318. The van der Waals surface area contributed by atoms with Crippen molar-refractivity contribution in [2.45, 2.75) is 6.54 Å². The largest absolute Gasteiger partial charge is 0.388 e. The van der Waals surface area contributed by atoms with Crippen LogP contribution in [-0.2, 0) is 6.54 Å². The number of rotatable bonds is 6. The number of piperazine rings is 1. The molecule has 7 nitrogen and oxygen atoms in total. The standard InChI is InChI=1S/C22H27N7/c1-4-17-6-5-16(13-19(17)23-2)14-25-20-15-24-18-7-8-21(27-22(18)26-20)29-11-9-28(3)10-12-29/h4-8,13,15,23H,1,9-12,14H2,2-3H3,(H,25,26,27). The molecule has 29 heavy (non-hydrogen) atoms. The highest BCUT2D eigenvalue weighted by atomic mass is 15.3. The van der Waals surface area contributed by atoms with Gasteiger partial charge >= 0.3 is 0 Å². The highest BCUT2D eigenvalue weighted by molar-refractivity contribution is 5.73. The van der Waals surface area contributed by atoms with Crippen molar-refractivity contribution in [1.82, 2.24) is 19.9 Å². The lowest BCUT2D eigenvalue weighted by atomic mass is 10.1. The minimum atomic E-state index is 0.657. The number of aromatic nitrogens is 3. The summed E-state index contributed by atoms with van der Waals surface area (Å²) >= 11 is 0. The van der Waals surface area contributed by atoms with Gasteiger partial charge in [0.2, 0.25) is 0 Å². The molecule has 1 aromatic carbocycles. The number of anilines is 3. The van der Waals surface area contributed by atoms with Gasteiger partial charge in [-0.2, -0.15) is 0 Å². The lowest BCUT2D eigenvalue weighted by molar-refractivity contribution is 0.312. The van der Waals surface area contributed by atoms with Crippen molar-refractivity contribution in [3.8, 4) is 0 Å². The third kappa shape index (κ3) is 4.30. The quantitative estimate of drug-likeness (QED) is 0.671. The zero-order valence-electron chi connectivity index (χ0n) is 17.0. The van der Waals surface area contributed by atoms with Crippen LogP contribution in [0, 0.1) is 0 Å². The Bertz CT molecular complexity index is 1010. The molecule has 0 radical (unpaired) electrons. The molecule has 0 bridgehead atoms. The Morgan fingerprint density at radius 2 is 1.93 bits per heavy atom. The Labute approximate surface area is 171 Å². The molecule has 7 heteroatoms. The summed E-state index contributed by atoms with van der Waals surface area (Å²) in [4.78, 5) is 18.6. The molecule has 2 N–H and O–H groups in total. The number of hydrogen-bond acceptors (Lipinski definition) is 7. The van der Waals surface area contributed by atoms with Gasteiger partial charge in [-0.25, -0.2) is 15.0 Å². The van der Waals surface area contributed by atoms with E-state index in [-0.39, 0.29) is 0 Å². The first-order valence-electron chi connectivity index (χ1n) is 9.90. The first kappa shape index (κ1) is 19.1. The number of nitrogens with one attached hydrogen (secondary N) is 2. The monoisotopic (exact) mass is 389 g/mol. The fourth-order valence-electron chi connectivity index (χ4n) is 3.49. The third-order valence-corrected chi connectivity index (χ3v) is 5.30. The number of nitrogens with zero attached hydrogens (tertiary/aromatic N) is 5. The van der Waals surface area contributed by atoms with Crippen LogP contribution in [0.5, 0.6) is 0 Å². The van der Waals surface area contributed by atoms with Crippen LogP contribution < -0.4 is 15.5 Å². The topological polar surface area (TPSA) is 69.2 Å². The molecular weight excluding hydrogens is 362 g/mol. The number of hydrogen-bond donors (Lipinski definition) is 2. The zero-order chi connectivity index (χ0) is 20.2. The highest BCUT2D eigenvalue weighted by Gasteiger charge is 2.16. The molecular formula is C22H27N7. The normalized spacial score (nSPS) is 14.8. The van der Waals surface area contributed by atoms with Gasteiger partial charge in [-0.15, -0.1) is 0 Å². The van der Waals surface area contributed by atoms with Crippen LogP contribution in [0.25, 0.3) is 17.2 Å². The van der Waals surface area contributed by atoms with Crippen molar-refractivity contribution in [3.63, 3.8) is 0 Å². The summed E-state index contributed by atoms with van der Waals surface area (Å²) in [6.45, 7) is 8.56. The van der Waals surface area contributed by atoms with Crippen LogP contribution in [-0.4, -0.2) is 60.1 Å². The number of pyridine rings is 1. The molecule has 1 fully saturated rings. The molecule has 0 saturated carbocycles. The summed E-state index contributed by atoms with van der Waals surface area (Å²) in [6, 6.07) is 10.3. The Hall–Kier alpha value is -3.19. The van der Waals surface area contributed by atoms with E-state index in [4.69, 9.17) is 4.98 Å². The molecule has 0 spiro atoms. The van der Waals surface area contributed by atoms with E-state index in [1.807, 2.05) is 25.3 Å². The maximum atomic E-state index is 4.76. The molecule has 0 unspecified atom stereocenters. The van der Waals surface area contributed by atoms with E-state index in [9.17, 15) is 0 Å². The van der Waals surface area contributed by atoms with Gasteiger partial charge in [0.15, 0.2) is 5.65 Å². The second kappa shape index (κ2) is 8.45. The third-order valence-electron chi connectivity index (χ3n) is 5.30. The number of benzene rings is 1. The van der Waals surface area contributed by atoms with Crippen molar-refractivity contribution < 1.29 is 0 Å². The van der Waals surface area contributed by atoms with Gasteiger partial charge in [0.05, 0.1) is 6.20 Å². The summed E-state index contributed by atoms with van der Waals surface area (Å²) in [5, 5.41) is 6.56. The van der Waals surface area contributed by atoms with E-state index >= 15 is 0 Å². The summed E-state index contributed by atoms with van der Waals surface area (Å²) < 4.78 is 0. The zero-order valence-corrected chi connectivity index (χ0v) is 17.0. The van der Waals surface area contributed by atoms with Crippen molar-refractivity contribution in [2.75, 3.05) is 55.8 Å². The lowest BCUT2D eigenvalue weighted by Crippen LogP contribution is -2.44. The second-order valence-corrected chi connectivity index (χ2v) is 7.29. The maximum absolute atomic E-state index is 4.76. The molecule has 0 aliphatic carbocycles. The van der Waals surface area contributed by atoms with Gasteiger partial charge in [-0.1, -0.05) is 24.8 Å². The SMILES string of the molecule is C=Cc1ccc(CNc2cnc3ccc(N4CCN(C)CC4)nc3n2)cc1NC. The minimum Gasteiger partial charge on any atom is -0.388 e. The molecule has 1 aliphatic rings. The second-order valence-electron chi connectivity index (χ2n) is 7.29. The molecule has 2 aromatic heterocycles. The average molecular weight is 390 g/mol. The molecule has 1 aliphatic heterocycles. The Balaban J connectivity index is 1.50. The van der Waals surface area contributed by atoms with Gasteiger partial charge in [0, 0.05) is 45.5 Å². The van der Waals surface area contributed by atoms with Crippen LogP contribution in [0.1, 0.15) is 11.1 Å². The van der Waals surface area contributed by atoms with Gasteiger partial charge < -0.3 is 20.4 Å². The Morgan fingerprint density at radius 1 is 1.10 bits per heavy atom. The van der Waals surface area contributed by atoms with Crippen molar-refractivity contribution in [2.24, 2.45) is 0 Å². The molecule has 0 atom stereocenters. The van der Waals surface area contributed by atoms with Crippen LogP contribution in [0.2, 0.25) is 0 Å². The van der Waals surface area contributed by atoms with E-state index in [1.54, 1.807) is 6.20 Å². The smallest absolute Gasteiger partial charge is 0.182 e. The lowest BCUT2D eigenvalue weighted by Gasteiger charge is -2.33. The molecule has 0 amide bonds. The summed E-state index contributed by atoms with van der Waals surface area (Å²) in [5.41, 5.74) is 4.77. The van der Waals surface area contributed by atoms with Crippen LogP contribution in [0.3, 0.4) is 0 Å². The highest BCUT2D eigenvalue weighted by Crippen LogP contribution is 2.20. The van der Waals surface area contributed by atoms with Crippen molar-refractivity contribution in [1.29, 1.82) is 0 Å². The molecule has 3 aromatic rings. The molecule has 1 saturated heterocycles. The predicted octanol–water partition coefficient (Wildman–Crippen LogP) is 3.07. The first-order chi connectivity index (χ1) is 14.2. The van der Waals surface area contributed by atoms with Crippen molar-refractivity contribution >= 4 is 34.6 Å². The minimum absolute atomic E-state index is 0.657. The van der Waals surface area contributed by atoms with Crippen LogP contribution in [0.15, 0.2) is 43.1 Å². The van der Waals surface area contributed by atoms with E-state index in [0.29, 0.717) is 12.2 Å². The Morgan fingerprint density at radius 3 is 2.69 bits per heavy atom. The average Bonchev–Trinajstić information content (AvgIpc) is 2.77. The van der Waals surface area contributed by atoms with Crippen LogP contribution in [0.4, 0.5) is 17.3 Å². The number of likely N-dealkylation sites (N-methyl/N-ethyl adjacent to an activating group) is 1. The number of fused-ring (bicyclic) bond motifs is 1. The molecule has 150 valence electrons. The van der Waals surface area contributed by atoms with Gasteiger partial charge in [0.25, 0.3) is 0 Å². The summed E-state index contributed by atoms with van der Waals surface area (Å²) in [5.74, 6) is 1.69. The van der Waals surface area contributed by atoms with Gasteiger partial charge in [-0.3, -0.25) is 0 Å².